The summed E-state index contributed by atoms with van der Waals surface area (Å²) in [7, 11) is 2.05. The maximum atomic E-state index is 4.28. The lowest BCUT2D eigenvalue weighted by atomic mass is 9.91. The van der Waals surface area contributed by atoms with Crippen molar-refractivity contribution in [3.63, 3.8) is 0 Å². The Labute approximate surface area is 92.1 Å². The van der Waals surface area contributed by atoms with Gasteiger partial charge >= 0.3 is 0 Å². The molecule has 1 N–H and O–H groups in total. The SMILES string of the molecule is CNC(c1cncc(C)c1)C(C)C1CC1. The predicted molar refractivity (Wildman–Crippen MR) is 62.7 cm³/mol. The molecule has 1 fully saturated rings. The third-order valence-corrected chi connectivity index (χ3v) is 3.46. The number of nitrogens with zero attached hydrogens (tertiary/aromatic N) is 1. The monoisotopic (exact) mass is 204 g/mol. The maximum absolute atomic E-state index is 4.28. The molecule has 2 rings (SSSR count). The molecule has 1 aliphatic rings. The van der Waals surface area contributed by atoms with Gasteiger partial charge in [-0.25, -0.2) is 0 Å². The number of hydrogen-bond acceptors (Lipinski definition) is 2. The Morgan fingerprint density at radius 3 is 2.67 bits per heavy atom. The summed E-state index contributed by atoms with van der Waals surface area (Å²) in [5, 5.41) is 3.43. The second-order valence-corrected chi connectivity index (χ2v) is 4.76. The average Bonchev–Trinajstić information content (AvgIpc) is 3.02. The van der Waals surface area contributed by atoms with Crippen molar-refractivity contribution in [3.8, 4) is 0 Å². The van der Waals surface area contributed by atoms with E-state index < -0.39 is 0 Å². The molecule has 1 aromatic rings. The standard InChI is InChI=1S/C13H20N2/c1-9-6-12(8-15-7-9)13(14-3)10(2)11-4-5-11/h6-8,10-11,13-14H,4-5H2,1-3H3. The number of pyridine rings is 1. The molecule has 15 heavy (non-hydrogen) atoms. The Bertz CT molecular complexity index is 331. The zero-order valence-electron chi connectivity index (χ0n) is 9.83. The lowest BCUT2D eigenvalue weighted by Crippen LogP contribution is -2.24. The molecule has 0 saturated heterocycles. The minimum atomic E-state index is 0.463. The molecule has 0 amide bonds. The Morgan fingerprint density at radius 1 is 1.40 bits per heavy atom. The van der Waals surface area contributed by atoms with Gasteiger partial charge in [-0.15, -0.1) is 0 Å². The zero-order chi connectivity index (χ0) is 10.8. The maximum Gasteiger partial charge on any atom is 0.0361 e. The van der Waals surface area contributed by atoms with Crippen LogP contribution in [0.1, 0.15) is 36.9 Å². The molecule has 0 spiro atoms. The molecule has 0 bridgehead atoms. The summed E-state index contributed by atoms with van der Waals surface area (Å²) in [5.41, 5.74) is 2.58. The van der Waals surface area contributed by atoms with Gasteiger partial charge in [-0.2, -0.15) is 0 Å². The summed E-state index contributed by atoms with van der Waals surface area (Å²) in [6.07, 6.45) is 6.71. The number of hydrogen-bond donors (Lipinski definition) is 1. The summed E-state index contributed by atoms with van der Waals surface area (Å²) in [6.45, 7) is 4.45. The van der Waals surface area contributed by atoms with E-state index in [1.54, 1.807) is 0 Å². The number of aromatic nitrogens is 1. The molecule has 2 heteroatoms. The highest BCUT2D eigenvalue weighted by Crippen LogP contribution is 2.42. The fourth-order valence-corrected chi connectivity index (χ4v) is 2.38. The molecule has 2 atom stereocenters. The smallest absolute Gasteiger partial charge is 0.0361 e. The zero-order valence-corrected chi connectivity index (χ0v) is 9.83. The number of nitrogens with one attached hydrogen (secondary N) is 1. The summed E-state index contributed by atoms with van der Waals surface area (Å²) in [5.74, 6) is 1.64. The van der Waals surface area contributed by atoms with Crippen LogP contribution in [0.3, 0.4) is 0 Å². The van der Waals surface area contributed by atoms with Crippen molar-refractivity contribution in [2.24, 2.45) is 11.8 Å². The number of rotatable bonds is 4. The lowest BCUT2D eigenvalue weighted by Gasteiger charge is -2.23. The summed E-state index contributed by atoms with van der Waals surface area (Å²) in [4.78, 5) is 4.28. The highest BCUT2D eigenvalue weighted by atomic mass is 14.9. The second-order valence-electron chi connectivity index (χ2n) is 4.76. The predicted octanol–water partition coefficient (Wildman–Crippen LogP) is 2.70. The van der Waals surface area contributed by atoms with Crippen LogP contribution < -0.4 is 5.32 Å². The molecule has 2 unspecified atom stereocenters. The van der Waals surface area contributed by atoms with Crippen molar-refractivity contribution in [2.75, 3.05) is 7.05 Å². The summed E-state index contributed by atoms with van der Waals surface area (Å²) >= 11 is 0. The topological polar surface area (TPSA) is 24.9 Å². The van der Waals surface area contributed by atoms with E-state index in [9.17, 15) is 0 Å². The van der Waals surface area contributed by atoms with Crippen LogP contribution in [0.2, 0.25) is 0 Å². The van der Waals surface area contributed by atoms with Gasteiger partial charge < -0.3 is 5.32 Å². The Morgan fingerprint density at radius 2 is 2.13 bits per heavy atom. The van der Waals surface area contributed by atoms with Gasteiger partial charge in [-0.05, 0) is 49.8 Å². The molecule has 2 nitrogen and oxygen atoms in total. The molecular formula is C13H20N2. The van der Waals surface area contributed by atoms with E-state index in [-0.39, 0.29) is 0 Å². The molecule has 0 aliphatic heterocycles. The Hall–Kier alpha value is -0.890. The van der Waals surface area contributed by atoms with Gasteiger partial charge in [0.05, 0.1) is 0 Å². The second kappa shape index (κ2) is 4.31. The molecule has 1 aromatic heterocycles. The third-order valence-electron chi connectivity index (χ3n) is 3.46. The molecule has 1 aliphatic carbocycles. The molecule has 82 valence electrons. The van der Waals surface area contributed by atoms with Crippen LogP contribution in [0.4, 0.5) is 0 Å². The number of aryl methyl sites for hydroxylation is 1. The van der Waals surface area contributed by atoms with Gasteiger partial charge in [-0.3, -0.25) is 4.98 Å². The third kappa shape index (κ3) is 2.37. The van der Waals surface area contributed by atoms with E-state index in [2.05, 4.69) is 30.2 Å². The van der Waals surface area contributed by atoms with Crippen molar-refractivity contribution in [1.29, 1.82) is 0 Å². The van der Waals surface area contributed by atoms with Crippen LogP contribution in [-0.2, 0) is 0 Å². The van der Waals surface area contributed by atoms with E-state index in [1.807, 2.05) is 19.4 Å². The van der Waals surface area contributed by atoms with Crippen LogP contribution >= 0.6 is 0 Å². The van der Waals surface area contributed by atoms with Crippen LogP contribution in [0.25, 0.3) is 0 Å². The summed E-state index contributed by atoms with van der Waals surface area (Å²) < 4.78 is 0. The quantitative estimate of drug-likeness (QED) is 0.815. The normalized spacial score (nSPS) is 19.9. The first-order chi connectivity index (χ1) is 7.22. The van der Waals surface area contributed by atoms with Gasteiger partial charge in [0, 0.05) is 18.4 Å². The van der Waals surface area contributed by atoms with Crippen molar-refractivity contribution < 1.29 is 0 Å². The largest absolute Gasteiger partial charge is 0.313 e. The van der Waals surface area contributed by atoms with E-state index in [0.29, 0.717) is 6.04 Å². The van der Waals surface area contributed by atoms with Crippen molar-refractivity contribution in [1.82, 2.24) is 10.3 Å². The van der Waals surface area contributed by atoms with E-state index in [4.69, 9.17) is 0 Å². The van der Waals surface area contributed by atoms with Gasteiger partial charge in [0.1, 0.15) is 0 Å². The molecule has 0 radical (unpaired) electrons. The first-order valence-electron chi connectivity index (χ1n) is 5.81. The van der Waals surface area contributed by atoms with Crippen molar-refractivity contribution >= 4 is 0 Å². The van der Waals surface area contributed by atoms with Gasteiger partial charge in [0.25, 0.3) is 0 Å². The highest BCUT2D eigenvalue weighted by Gasteiger charge is 2.33. The van der Waals surface area contributed by atoms with Crippen LogP contribution in [-0.4, -0.2) is 12.0 Å². The average molecular weight is 204 g/mol. The summed E-state index contributed by atoms with van der Waals surface area (Å²) in [6, 6.07) is 2.71. The first kappa shape index (κ1) is 10.6. The van der Waals surface area contributed by atoms with Crippen LogP contribution in [0.5, 0.6) is 0 Å². The van der Waals surface area contributed by atoms with Crippen molar-refractivity contribution in [2.45, 2.75) is 32.7 Å². The van der Waals surface area contributed by atoms with E-state index in [1.165, 1.54) is 24.0 Å². The van der Waals surface area contributed by atoms with Crippen LogP contribution in [0.15, 0.2) is 18.5 Å². The first-order valence-corrected chi connectivity index (χ1v) is 5.81. The minimum absolute atomic E-state index is 0.463. The molecule has 0 aromatic carbocycles. The fraction of sp³-hybridized carbons (Fsp3) is 0.615. The minimum Gasteiger partial charge on any atom is -0.313 e. The van der Waals surface area contributed by atoms with Crippen LogP contribution in [0, 0.1) is 18.8 Å². The Balaban J connectivity index is 2.17. The molecule has 1 heterocycles. The van der Waals surface area contributed by atoms with E-state index >= 15 is 0 Å². The molecule has 1 saturated carbocycles. The Kier molecular flexibility index (Phi) is 3.06. The van der Waals surface area contributed by atoms with Crippen molar-refractivity contribution in [3.05, 3.63) is 29.6 Å². The van der Waals surface area contributed by atoms with E-state index in [0.717, 1.165) is 11.8 Å². The highest BCUT2D eigenvalue weighted by molar-refractivity contribution is 5.21. The van der Waals surface area contributed by atoms with Gasteiger partial charge in [0.2, 0.25) is 0 Å². The van der Waals surface area contributed by atoms with Gasteiger partial charge in [-0.1, -0.05) is 13.0 Å². The fourth-order valence-electron chi connectivity index (χ4n) is 2.38. The lowest BCUT2D eigenvalue weighted by molar-refractivity contribution is 0.368. The molecular weight excluding hydrogens is 184 g/mol. The van der Waals surface area contributed by atoms with Gasteiger partial charge in [0.15, 0.2) is 0 Å².